The summed E-state index contributed by atoms with van der Waals surface area (Å²) in [5, 5.41) is 0. The molecular formula is C14H19N3O3S. The molecular weight excluding hydrogens is 290 g/mol. The highest BCUT2D eigenvalue weighted by molar-refractivity contribution is 7.99. The number of nitrogens with zero attached hydrogens (tertiary/aromatic N) is 3. The van der Waals surface area contributed by atoms with Gasteiger partial charge in [0, 0.05) is 25.2 Å². The molecule has 0 saturated carbocycles. The summed E-state index contributed by atoms with van der Waals surface area (Å²) in [4.78, 5) is 21.8. The van der Waals surface area contributed by atoms with Crippen molar-refractivity contribution in [2.75, 3.05) is 31.7 Å². The van der Waals surface area contributed by atoms with Crippen LogP contribution >= 0.6 is 11.8 Å². The highest BCUT2D eigenvalue weighted by atomic mass is 32.2. The number of carbonyl (C=O) groups excluding carboxylic acids is 1. The van der Waals surface area contributed by atoms with Crippen LogP contribution in [0.5, 0.6) is 5.88 Å². The summed E-state index contributed by atoms with van der Waals surface area (Å²) in [6.45, 7) is 2.01. The van der Waals surface area contributed by atoms with Crippen LogP contribution in [0.1, 0.15) is 12.8 Å². The van der Waals surface area contributed by atoms with Crippen LogP contribution in [-0.2, 0) is 9.53 Å². The van der Waals surface area contributed by atoms with Crippen molar-refractivity contribution in [3.8, 4) is 5.88 Å². The molecule has 114 valence electrons. The van der Waals surface area contributed by atoms with Gasteiger partial charge in [-0.2, -0.15) is 11.8 Å². The van der Waals surface area contributed by atoms with Gasteiger partial charge in [-0.15, -0.1) is 0 Å². The Labute approximate surface area is 128 Å². The van der Waals surface area contributed by atoms with E-state index in [2.05, 4.69) is 9.97 Å². The molecule has 1 amide bonds. The van der Waals surface area contributed by atoms with E-state index in [1.54, 1.807) is 30.4 Å². The molecule has 1 spiro atoms. The number of carbonyl (C=O) groups is 1. The number of thioether (sulfide) groups is 1. The molecule has 1 aromatic heterocycles. The highest BCUT2D eigenvalue weighted by Crippen LogP contribution is 2.35. The lowest BCUT2D eigenvalue weighted by Crippen LogP contribution is -2.67. The maximum Gasteiger partial charge on any atom is 0.232 e. The first-order valence-electron chi connectivity index (χ1n) is 7.04. The summed E-state index contributed by atoms with van der Waals surface area (Å²) in [7, 11) is 0. The van der Waals surface area contributed by atoms with E-state index >= 15 is 0 Å². The molecule has 1 unspecified atom stereocenters. The zero-order chi connectivity index (χ0) is 14.7. The summed E-state index contributed by atoms with van der Waals surface area (Å²) in [5.74, 6) is 1.28. The van der Waals surface area contributed by atoms with E-state index in [1.807, 2.05) is 11.2 Å². The summed E-state index contributed by atoms with van der Waals surface area (Å²) in [6, 6.07) is 0. The van der Waals surface area contributed by atoms with E-state index in [0.717, 1.165) is 12.8 Å². The van der Waals surface area contributed by atoms with Crippen LogP contribution in [0.2, 0.25) is 0 Å². The van der Waals surface area contributed by atoms with Gasteiger partial charge in [-0.25, -0.2) is 4.98 Å². The van der Waals surface area contributed by atoms with Gasteiger partial charge in [-0.1, -0.05) is 0 Å². The van der Waals surface area contributed by atoms with Crippen LogP contribution in [0.4, 0.5) is 0 Å². The minimum absolute atomic E-state index is 0.0771. The van der Waals surface area contributed by atoms with Crippen molar-refractivity contribution in [2.45, 2.75) is 24.5 Å². The number of hydrogen-bond donors (Lipinski definition) is 0. The fourth-order valence-corrected chi connectivity index (χ4v) is 3.29. The maximum absolute atomic E-state index is 11.8. The Morgan fingerprint density at radius 2 is 2.43 bits per heavy atom. The molecule has 2 aliphatic heterocycles. The molecule has 3 rings (SSSR count). The lowest BCUT2D eigenvalue weighted by Gasteiger charge is -2.52. The normalized spacial score (nSPS) is 23.7. The van der Waals surface area contributed by atoms with Crippen molar-refractivity contribution in [1.29, 1.82) is 0 Å². The van der Waals surface area contributed by atoms with E-state index in [1.165, 1.54) is 0 Å². The third-order valence-corrected chi connectivity index (χ3v) is 4.39. The zero-order valence-corrected chi connectivity index (χ0v) is 12.8. The molecule has 1 atom stereocenters. The Bertz CT molecular complexity index is 493. The van der Waals surface area contributed by atoms with E-state index in [4.69, 9.17) is 9.47 Å². The molecule has 0 radical (unpaired) electrons. The molecule has 0 bridgehead atoms. The predicted octanol–water partition coefficient (Wildman–Crippen LogP) is 0.978. The quantitative estimate of drug-likeness (QED) is 0.826. The van der Waals surface area contributed by atoms with E-state index in [-0.39, 0.29) is 17.6 Å². The third-order valence-electron chi connectivity index (χ3n) is 3.85. The van der Waals surface area contributed by atoms with Gasteiger partial charge < -0.3 is 14.4 Å². The minimum Gasteiger partial charge on any atom is -0.473 e. The summed E-state index contributed by atoms with van der Waals surface area (Å²) in [5.41, 5.74) is -0.223. The third kappa shape index (κ3) is 3.29. The lowest BCUT2D eigenvalue weighted by molar-refractivity contribution is -0.191. The molecule has 7 heteroatoms. The lowest BCUT2D eigenvalue weighted by atomic mass is 9.84. The van der Waals surface area contributed by atoms with Crippen LogP contribution in [0, 0.1) is 0 Å². The van der Waals surface area contributed by atoms with Crippen molar-refractivity contribution in [2.24, 2.45) is 0 Å². The fraction of sp³-hybridized carbons (Fsp3) is 0.643. The Morgan fingerprint density at radius 3 is 3.14 bits per heavy atom. The van der Waals surface area contributed by atoms with Crippen molar-refractivity contribution >= 4 is 17.7 Å². The average Bonchev–Trinajstić information content (AvgIpc) is 2.46. The molecule has 2 saturated heterocycles. The SMILES string of the molecule is CSCC(=O)N1CC2(CC(Oc3cnccn3)CCO2)C1. The molecule has 2 fully saturated rings. The topological polar surface area (TPSA) is 64.6 Å². The van der Waals surface area contributed by atoms with Crippen LogP contribution < -0.4 is 4.74 Å². The van der Waals surface area contributed by atoms with Crippen LogP contribution in [0.15, 0.2) is 18.6 Å². The first-order valence-corrected chi connectivity index (χ1v) is 8.43. The first kappa shape index (κ1) is 14.6. The predicted molar refractivity (Wildman–Crippen MR) is 79.3 cm³/mol. The molecule has 3 heterocycles. The van der Waals surface area contributed by atoms with Gasteiger partial charge in [0.15, 0.2) is 0 Å². The van der Waals surface area contributed by atoms with E-state index in [9.17, 15) is 4.79 Å². The molecule has 21 heavy (non-hydrogen) atoms. The highest BCUT2D eigenvalue weighted by Gasteiger charge is 2.49. The van der Waals surface area contributed by atoms with Gasteiger partial charge >= 0.3 is 0 Å². The van der Waals surface area contributed by atoms with Crippen molar-refractivity contribution < 1.29 is 14.3 Å². The van der Waals surface area contributed by atoms with Gasteiger partial charge in [0.25, 0.3) is 0 Å². The van der Waals surface area contributed by atoms with Gasteiger partial charge in [0.1, 0.15) is 11.7 Å². The molecule has 1 aromatic rings. The monoisotopic (exact) mass is 309 g/mol. The Hall–Kier alpha value is -1.34. The van der Waals surface area contributed by atoms with Gasteiger partial charge in [-0.3, -0.25) is 9.78 Å². The Kier molecular flexibility index (Phi) is 4.30. The Balaban J connectivity index is 1.54. The summed E-state index contributed by atoms with van der Waals surface area (Å²) >= 11 is 1.55. The minimum atomic E-state index is -0.223. The molecule has 2 aliphatic rings. The number of hydrogen-bond acceptors (Lipinski definition) is 6. The zero-order valence-electron chi connectivity index (χ0n) is 12.0. The second-order valence-corrected chi connectivity index (χ2v) is 6.36. The molecule has 0 aliphatic carbocycles. The number of aromatic nitrogens is 2. The molecule has 6 nitrogen and oxygen atoms in total. The summed E-state index contributed by atoms with van der Waals surface area (Å²) < 4.78 is 11.8. The van der Waals surface area contributed by atoms with Crippen LogP contribution in [0.25, 0.3) is 0 Å². The van der Waals surface area contributed by atoms with E-state index < -0.39 is 0 Å². The number of amides is 1. The largest absolute Gasteiger partial charge is 0.473 e. The number of rotatable bonds is 4. The van der Waals surface area contributed by atoms with Crippen molar-refractivity contribution in [3.63, 3.8) is 0 Å². The second kappa shape index (κ2) is 6.19. The standard InChI is InChI=1S/C14H19N3O3S/c1-21-8-13(18)17-9-14(10-17)6-11(2-5-19-14)20-12-7-15-3-4-16-12/h3-4,7,11H,2,5-6,8-10H2,1H3. The average molecular weight is 309 g/mol. The Morgan fingerprint density at radius 1 is 1.57 bits per heavy atom. The van der Waals surface area contributed by atoms with Gasteiger partial charge in [0.2, 0.25) is 11.8 Å². The maximum atomic E-state index is 11.8. The van der Waals surface area contributed by atoms with Gasteiger partial charge in [0.05, 0.1) is 31.6 Å². The first-order chi connectivity index (χ1) is 10.2. The van der Waals surface area contributed by atoms with Crippen molar-refractivity contribution in [1.82, 2.24) is 14.9 Å². The second-order valence-electron chi connectivity index (χ2n) is 5.49. The number of ether oxygens (including phenoxy) is 2. The van der Waals surface area contributed by atoms with Crippen LogP contribution in [-0.4, -0.2) is 64.2 Å². The number of likely N-dealkylation sites (tertiary alicyclic amines) is 1. The summed E-state index contributed by atoms with van der Waals surface area (Å²) in [6.07, 6.45) is 8.53. The smallest absolute Gasteiger partial charge is 0.232 e. The molecule has 0 aromatic carbocycles. The molecule has 0 N–H and O–H groups in total. The van der Waals surface area contributed by atoms with E-state index in [0.29, 0.717) is 31.3 Å². The van der Waals surface area contributed by atoms with Gasteiger partial charge in [-0.05, 0) is 6.26 Å². The van der Waals surface area contributed by atoms with Crippen molar-refractivity contribution in [3.05, 3.63) is 18.6 Å². The van der Waals surface area contributed by atoms with Crippen LogP contribution in [0.3, 0.4) is 0 Å². The fourth-order valence-electron chi connectivity index (χ4n) is 2.86.